The van der Waals surface area contributed by atoms with Crippen LogP contribution in [0, 0.1) is 5.92 Å². The van der Waals surface area contributed by atoms with Gasteiger partial charge in [0.1, 0.15) is 5.65 Å². The Morgan fingerprint density at radius 1 is 1.33 bits per heavy atom. The molecule has 18 heavy (non-hydrogen) atoms. The first-order chi connectivity index (χ1) is 8.86. The van der Waals surface area contributed by atoms with Crippen molar-refractivity contribution in [1.29, 1.82) is 0 Å². The van der Waals surface area contributed by atoms with Crippen LogP contribution in [0.3, 0.4) is 0 Å². The van der Waals surface area contributed by atoms with Crippen LogP contribution in [0.1, 0.15) is 25.0 Å². The van der Waals surface area contributed by atoms with Crippen LogP contribution in [-0.2, 0) is 5.88 Å². The van der Waals surface area contributed by atoms with Gasteiger partial charge in [-0.05, 0) is 37.3 Å². The molecule has 2 aliphatic rings. The molecule has 0 radical (unpaired) electrons. The van der Waals surface area contributed by atoms with Gasteiger partial charge < -0.3 is 9.30 Å². The van der Waals surface area contributed by atoms with E-state index in [1.165, 1.54) is 25.8 Å². The van der Waals surface area contributed by atoms with E-state index in [4.69, 9.17) is 16.6 Å². The second kappa shape index (κ2) is 3.89. The van der Waals surface area contributed by atoms with Crippen molar-refractivity contribution in [3.63, 3.8) is 0 Å². The molecular formula is C14H16ClN3. The zero-order valence-corrected chi connectivity index (χ0v) is 11.0. The van der Waals surface area contributed by atoms with Crippen LogP contribution in [0.25, 0.3) is 5.65 Å². The standard InChI is InChI=1S/C14H16ClN3/c15-8-12-14(16-13-3-1-2-6-17(12)13)18-9-10-4-5-11(18)7-10/h1-3,6,10-11H,4-5,7-9H2. The summed E-state index contributed by atoms with van der Waals surface area (Å²) < 4.78 is 2.12. The van der Waals surface area contributed by atoms with Crippen molar-refractivity contribution in [1.82, 2.24) is 9.38 Å². The molecule has 3 nitrogen and oxygen atoms in total. The molecule has 94 valence electrons. The fraction of sp³-hybridized carbons (Fsp3) is 0.500. The Balaban J connectivity index is 1.84. The molecule has 2 bridgehead atoms. The Morgan fingerprint density at radius 2 is 2.28 bits per heavy atom. The summed E-state index contributed by atoms with van der Waals surface area (Å²) in [6, 6.07) is 6.81. The molecule has 2 fully saturated rings. The molecule has 1 aliphatic heterocycles. The topological polar surface area (TPSA) is 20.5 Å². The van der Waals surface area contributed by atoms with Crippen molar-refractivity contribution in [3.8, 4) is 0 Å². The van der Waals surface area contributed by atoms with Gasteiger partial charge in [-0.3, -0.25) is 0 Å². The molecule has 1 aliphatic carbocycles. The number of imidazole rings is 1. The number of alkyl halides is 1. The Kier molecular flexibility index (Phi) is 2.31. The maximum absolute atomic E-state index is 6.15. The third kappa shape index (κ3) is 1.40. The second-order valence-electron chi connectivity index (χ2n) is 5.43. The lowest BCUT2D eigenvalue weighted by atomic mass is 10.1. The lowest BCUT2D eigenvalue weighted by Gasteiger charge is -2.27. The summed E-state index contributed by atoms with van der Waals surface area (Å²) in [6.45, 7) is 1.17. The Labute approximate surface area is 111 Å². The summed E-state index contributed by atoms with van der Waals surface area (Å²) in [5.74, 6) is 2.51. The molecule has 2 aromatic heterocycles. The number of anilines is 1. The molecule has 2 aromatic rings. The van der Waals surface area contributed by atoms with Crippen LogP contribution in [0.4, 0.5) is 5.82 Å². The Hall–Kier alpha value is -1.22. The second-order valence-corrected chi connectivity index (χ2v) is 5.70. The number of hydrogen-bond donors (Lipinski definition) is 0. The first-order valence-electron chi connectivity index (χ1n) is 6.65. The van der Waals surface area contributed by atoms with Gasteiger partial charge in [-0.1, -0.05) is 6.07 Å². The van der Waals surface area contributed by atoms with Gasteiger partial charge >= 0.3 is 0 Å². The first-order valence-corrected chi connectivity index (χ1v) is 7.19. The number of fused-ring (bicyclic) bond motifs is 3. The summed E-state index contributed by atoms with van der Waals surface area (Å²) in [5, 5.41) is 0. The average Bonchev–Trinajstić information content (AvgIpc) is 3.10. The van der Waals surface area contributed by atoms with Crippen LogP contribution in [0.15, 0.2) is 24.4 Å². The van der Waals surface area contributed by atoms with Crippen LogP contribution < -0.4 is 4.90 Å². The average molecular weight is 262 g/mol. The normalized spacial score (nSPS) is 26.4. The third-order valence-corrected chi connectivity index (χ3v) is 4.67. The minimum Gasteiger partial charge on any atom is -0.352 e. The van der Waals surface area contributed by atoms with E-state index < -0.39 is 0 Å². The van der Waals surface area contributed by atoms with Crippen LogP contribution in [0.2, 0.25) is 0 Å². The number of piperidine rings is 1. The quantitative estimate of drug-likeness (QED) is 0.775. The monoisotopic (exact) mass is 261 g/mol. The summed E-state index contributed by atoms with van der Waals surface area (Å²) >= 11 is 6.15. The number of hydrogen-bond acceptors (Lipinski definition) is 2. The van der Waals surface area contributed by atoms with Crippen molar-refractivity contribution in [2.75, 3.05) is 11.4 Å². The van der Waals surface area contributed by atoms with Gasteiger partial charge in [0.25, 0.3) is 0 Å². The fourth-order valence-corrected chi connectivity index (χ4v) is 3.82. The molecular weight excluding hydrogens is 246 g/mol. The maximum atomic E-state index is 6.15. The molecule has 2 unspecified atom stereocenters. The fourth-order valence-electron chi connectivity index (χ4n) is 3.57. The van der Waals surface area contributed by atoms with E-state index in [9.17, 15) is 0 Å². The highest BCUT2D eigenvalue weighted by atomic mass is 35.5. The molecule has 3 heterocycles. The number of aromatic nitrogens is 2. The van der Waals surface area contributed by atoms with Crippen molar-refractivity contribution < 1.29 is 0 Å². The van der Waals surface area contributed by atoms with E-state index in [-0.39, 0.29) is 0 Å². The molecule has 4 heteroatoms. The van der Waals surface area contributed by atoms with Crippen molar-refractivity contribution in [2.45, 2.75) is 31.2 Å². The van der Waals surface area contributed by atoms with Crippen molar-refractivity contribution in [2.24, 2.45) is 5.92 Å². The molecule has 1 saturated carbocycles. The molecule has 2 atom stereocenters. The van der Waals surface area contributed by atoms with Gasteiger partial charge in [-0.15, -0.1) is 11.6 Å². The molecule has 0 aromatic carbocycles. The SMILES string of the molecule is ClCc1c(N2CC3CCC2C3)nc2ccccn12. The number of pyridine rings is 1. The van der Waals surface area contributed by atoms with Gasteiger partial charge in [0.2, 0.25) is 0 Å². The number of nitrogens with zero attached hydrogens (tertiary/aromatic N) is 3. The van der Waals surface area contributed by atoms with E-state index in [1.807, 2.05) is 18.2 Å². The Bertz CT molecular complexity index is 592. The molecule has 0 N–H and O–H groups in total. The van der Waals surface area contributed by atoms with Gasteiger partial charge in [0.05, 0.1) is 11.6 Å². The van der Waals surface area contributed by atoms with Gasteiger partial charge in [0, 0.05) is 18.8 Å². The van der Waals surface area contributed by atoms with E-state index in [1.54, 1.807) is 0 Å². The lowest BCUT2D eigenvalue weighted by Crippen LogP contribution is -2.32. The molecule has 0 spiro atoms. The largest absolute Gasteiger partial charge is 0.352 e. The first kappa shape index (κ1) is 10.7. The lowest BCUT2D eigenvalue weighted by molar-refractivity contribution is 0.550. The molecule has 4 rings (SSSR count). The number of halogens is 1. The van der Waals surface area contributed by atoms with E-state index in [2.05, 4.69) is 15.5 Å². The highest BCUT2D eigenvalue weighted by Gasteiger charge is 2.39. The number of rotatable bonds is 2. The van der Waals surface area contributed by atoms with Gasteiger partial charge in [-0.2, -0.15) is 0 Å². The van der Waals surface area contributed by atoms with E-state index in [0.717, 1.165) is 23.1 Å². The van der Waals surface area contributed by atoms with Crippen LogP contribution in [0.5, 0.6) is 0 Å². The third-order valence-electron chi connectivity index (χ3n) is 4.42. The maximum Gasteiger partial charge on any atom is 0.152 e. The van der Waals surface area contributed by atoms with Crippen molar-refractivity contribution >= 4 is 23.1 Å². The van der Waals surface area contributed by atoms with Gasteiger partial charge in [0.15, 0.2) is 5.82 Å². The summed E-state index contributed by atoms with van der Waals surface area (Å²) in [4.78, 5) is 7.27. The zero-order valence-electron chi connectivity index (χ0n) is 10.2. The Morgan fingerprint density at radius 3 is 3.00 bits per heavy atom. The van der Waals surface area contributed by atoms with E-state index in [0.29, 0.717) is 11.9 Å². The summed E-state index contributed by atoms with van der Waals surface area (Å²) in [7, 11) is 0. The van der Waals surface area contributed by atoms with E-state index >= 15 is 0 Å². The van der Waals surface area contributed by atoms with Crippen molar-refractivity contribution in [3.05, 3.63) is 30.1 Å². The smallest absolute Gasteiger partial charge is 0.152 e. The summed E-state index contributed by atoms with van der Waals surface area (Å²) in [6.07, 6.45) is 6.11. The highest BCUT2D eigenvalue weighted by Crippen LogP contribution is 2.41. The van der Waals surface area contributed by atoms with Crippen LogP contribution in [-0.4, -0.2) is 22.0 Å². The minimum absolute atomic E-state index is 0.522. The van der Waals surface area contributed by atoms with Crippen LogP contribution >= 0.6 is 11.6 Å². The molecule has 1 saturated heterocycles. The zero-order chi connectivity index (χ0) is 12.1. The van der Waals surface area contributed by atoms with Gasteiger partial charge in [-0.25, -0.2) is 4.98 Å². The minimum atomic E-state index is 0.522. The summed E-state index contributed by atoms with van der Waals surface area (Å²) in [5.41, 5.74) is 2.14. The molecule has 0 amide bonds. The highest BCUT2D eigenvalue weighted by molar-refractivity contribution is 6.17. The predicted octanol–water partition coefficient (Wildman–Crippen LogP) is 3.06. The predicted molar refractivity (Wildman–Crippen MR) is 73.2 cm³/mol.